The van der Waals surface area contributed by atoms with Crippen molar-refractivity contribution < 1.29 is 13.9 Å². The van der Waals surface area contributed by atoms with Gasteiger partial charge in [0, 0.05) is 5.56 Å². The van der Waals surface area contributed by atoms with E-state index in [4.69, 9.17) is 9.15 Å². The lowest BCUT2D eigenvalue weighted by molar-refractivity contribution is -0.144. The van der Waals surface area contributed by atoms with Crippen LogP contribution >= 0.6 is 0 Å². The van der Waals surface area contributed by atoms with Gasteiger partial charge in [-0.15, -0.1) is 0 Å². The minimum Gasteiger partial charge on any atom is -0.459 e. The van der Waals surface area contributed by atoms with E-state index in [9.17, 15) is 4.79 Å². The molecule has 0 unspecified atom stereocenters. The number of carbonyl (C=O) groups is 1. The number of hydrogen-bond donors (Lipinski definition) is 0. The first-order valence-corrected chi connectivity index (χ1v) is 8.42. The number of fused-ring (bicyclic) bond motifs is 1. The van der Waals surface area contributed by atoms with Crippen molar-refractivity contribution in [1.29, 1.82) is 0 Å². The normalized spacial score (nSPS) is 10.8. The van der Waals surface area contributed by atoms with Gasteiger partial charge in [0.2, 0.25) is 5.89 Å². The summed E-state index contributed by atoms with van der Waals surface area (Å²) in [5.74, 6) is 0.233. The summed E-state index contributed by atoms with van der Waals surface area (Å²) in [6, 6.07) is 23.6. The molecule has 0 aliphatic carbocycles. The van der Waals surface area contributed by atoms with Crippen LogP contribution in [0.2, 0.25) is 0 Å². The number of aromatic nitrogens is 1. The van der Waals surface area contributed by atoms with Crippen LogP contribution in [0.3, 0.4) is 0 Å². The van der Waals surface area contributed by atoms with E-state index in [0.717, 1.165) is 21.9 Å². The standard InChI is InChI=1S/C22H17NO3/c24-21(13-18-11-6-10-16-7-4-5-12-20(16)18)25-14-19-15-26-22(23-19)17-8-2-1-3-9-17/h1-12,15H,13-14H2. The van der Waals surface area contributed by atoms with Gasteiger partial charge in [0.25, 0.3) is 0 Å². The molecule has 0 aliphatic heterocycles. The molecule has 0 saturated heterocycles. The van der Waals surface area contributed by atoms with Crippen molar-refractivity contribution >= 4 is 16.7 Å². The fourth-order valence-corrected chi connectivity index (χ4v) is 2.89. The lowest BCUT2D eigenvalue weighted by atomic mass is 10.0. The summed E-state index contributed by atoms with van der Waals surface area (Å²) >= 11 is 0. The third kappa shape index (κ3) is 3.49. The first-order valence-electron chi connectivity index (χ1n) is 8.42. The van der Waals surface area contributed by atoms with Gasteiger partial charge in [-0.3, -0.25) is 4.79 Å². The van der Waals surface area contributed by atoms with Crippen LogP contribution in [0.1, 0.15) is 11.3 Å². The van der Waals surface area contributed by atoms with E-state index in [1.807, 2.05) is 72.8 Å². The Morgan fingerprint density at radius 3 is 2.58 bits per heavy atom. The summed E-state index contributed by atoms with van der Waals surface area (Å²) < 4.78 is 10.8. The Bertz CT molecular complexity index is 1030. The van der Waals surface area contributed by atoms with E-state index in [1.165, 1.54) is 6.26 Å². The molecule has 128 valence electrons. The topological polar surface area (TPSA) is 52.3 Å². The number of carbonyl (C=O) groups excluding carboxylic acids is 1. The third-order valence-electron chi connectivity index (χ3n) is 4.17. The number of ether oxygens (including phenoxy) is 1. The van der Waals surface area contributed by atoms with Gasteiger partial charge < -0.3 is 9.15 Å². The Morgan fingerprint density at radius 1 is 0.923 bits per heavy atom. The molecule has 0 aliphatic rings. The molecule has 0 saturated carbocycles. The van der Waals surface area contributed by atoms with Crippen molar-refractivity contribution in [2.24, 2.45) is 0 Å². The SMILES string of the molecule is O=C(Cc1cccc2ccccc12)OCc1coc(-c2ccccc2)n1. The van der Waals surface area contributed by atoms with E-state index in [0.29, 0.717) is 11.6 Å². The molecule has 26 heavy (non-hydrogen) atoms. The van der Waals surface area contributed by atoms with Gasteiger partial charge in [-0.2, -0.15) is 0 Å². The smallest absolute Gasteiger partial charge is 0.310 e. The molecule has 0 spiro atoms. The number of esters is 1. The van der Waals surface area contributed by atoms with Crippen LogP contribution in [0.15, 0.2) is 83.5 Å². The number of rotatable bonds is 5. The van der Waals surface area contributed by atoms with E-state index < -0.39 is 0 Å². The molecule has 1 heterocycles. The summed E-state index contributed by atoms with van der Waals surface area (Å²) in [6.45, 7) is 0.0972. The quantitative estimate of drug-likeness (QED) is 0.489. The average Bonchev–Trinajstić information content (AvgIpc) is 3.17. The molecule has 1 aromatic heterocycles. The minimum atomic E-state index is -0.286. The first kappa shape index (κ1) is 16.1. The molecule has 0 atom stereocenters. The Hall–Kier alpha value is -3.40. The fraction of sp³-hybridized carbons (Fsp3) is 0.0909. The summed E-state index contributed by atoms with van der Waals surface area (Å²) in [5.41, 5.74) is 2.44. The Labute approximate surface area is 151 Å². The molecule has 4 rings (SSSR count). The zero-order chi connectivity index (χ0) is 17.8. The van der Waals surface area contributed by atoms with Gasteiger partial charge in [-0.25, -0.2) is 4.98 Å². The Balaban J connectivity index is 1.41. The summed E-state index contributed by atoms with van der Waals surface area (Å²) in [7, 11) is 0. The largest absolute Gasteiger partial charge is 0.459 e. The average molecular weight is 343 g/mol. The molecular formula is C22H17NO3. The summed E-state index contributed by atoms with van der Waals surface area (Å²) in [6.07, 6.45) is 1.75. The number of oxazole rings is 1. The fourth-order valence-electron chi connectivity index (χ4n) is 2.89. The third-order valence-corrected chi connectivity index (χ3v) is 4.17. The van der Waals surface area contributed by atoms with Crippen molar-refractivity contribution in [2.75, 3.05) is 0 Å². The number of nitrogens with zero attached hydrogens (tertiary/aromatic N) is 1. The summed E-state index contributed by atoms with van der Waals surface area (Å²) in [4.78, 5) is 16.6. The monoisotopic (exact) mass is 343 g/mol. The molecule has 4 heteroatoms. The molecule has 0 amide bonds. The van der Waals surface area contributed by atoms with Crippen molar-refractivity contribution in [1.82, 2.24) is 4.98 Å². The van der Waals surface area contributed by atoms with Gasteiger partial charge in [-0.05, 0) is 28.5 Å². The molecule has 0 radical (unpaired) electrons. The van der Waals surface area contributed by atoms with Gasteiger partial charge in [0.1, 0.15) is 18.6 Å². The van der Waals surface area contributed by atoms with Crippen LogP contribution in [0.25, 0.3) is 22.2 Å². The zero-order valence-electron chi connectivity index (χ0n) is 14.1. The minimum absolute atomic E-state index is 0.0972. The molecule has 4 nitrogen and oxygen atoms in total. The first-order chi connectivity index (χ1) is 12.8. The van der Waals surface area contributed by atoms with Gasteiger partial charge in [0.15, 0.2) is 0 Å². The highest BCUT2D eigenvalue weighted by Gasteiger charge is 2.11. The predicted molar refractivity (Wildman–Crippen MR) is 99.4 cm³/mol. The van der Waals surface area contributed by atoms with Gasteiger partial charge >= 0.3 is 5.97 Å². The molecular weight excluding hydrogens is 326 g/mol. The molecule has 0 bridgehead atoms. The van der Waals surface area contributed by atoms with Crippen LogP contribution in [-0.2, 0) is 22.6 Å². The predicted octanol–water partition coefficient (Wildman–Crippen LogP) is 4.78. The maximum absolute atomic E-state index is 12.2. The van der Waals surface area contributed by atoms with Crippen LogP contribution in [0, 0.1) is 0 Å². The van der Waals surface area contributed by atoms with E-state index in [2.05, 4.69) is 4.98 Å². The van der Waals surface area contributed by atoms with Crippen LogP contribution in [0.4, 0.5) is 0 Å². The maximum Gasteiger partial charge on any atom is 0.310 e. The van der Waals surface area contributed by atoms with E-state index in [-0.39, 0.29) is 19.0 Å². The van der Waals surface area contributed by atoms with E-state index >= 15 is 0 Å². The van der Waals surface area contributed by atoms with Crippen LogP contribution in [-0.4, -0.2) is 11.0 Å². The zero-order valence-corrected chi connectivity index (χ0v) is 14.1. The second kappa shape index (κ2) is 7.23. The number of benzene rings is 3. The van der Waals surface area contributed by atoms with Crippen LogP contribution < -0.4 is 0 Å². The van der Waals surface area contributed by atoms with Crippen LogP contribution in [0.5, 0.6) is 0 Å². The number of hydrogen-bond acceptors (Lipinski definition) is 4. The maximum atomic E-state index is 12.2. The Morgan fingerprint density at radius 2 is 1.69 bits per heavy atom. The second-order valence-electron chi connectivity index (χ2n) is 5.99. The van der Waals surface area contributed by atoms with Crippen molar-refractivity contribution in [3.63, 3.8) is 0 Å². The van der Waals surface area contributed by atoms with Gasteiger partial charge in [0.05, 0.1) is 6.42 Å². The molecule has 3 aromatic carbocycles. The highest BCUT2D eigenvalue weighted by molar-refractivity contribution is 5.88. The lowest BCUT2D eigenvalue weighted by Gasteiger charge is -2.06. The van der Waals surface area contributed by atoms with Gasteiger partial charge in [-0.1, -0.05) is 60.7 Å². The van der Waals surface area contributed by atoms with E-state index in [1.54, 1.807) is 0 Å². The van der Waals surface area contributed by atoms with Crippen molar-refractivity contribution in [3.8, 4) is 11.5 Å². The molecule has 0 N–H and O–H groups in total. The Kier molecular flexibility index (Phi) is 4.48. The highest BCUT2D eigenvalue weighted by atomic mass is 16.5. The molecule has 0 fully saturated rings. The van der Waals surface area contributed by atoms with Crippen molar-refractivity contribution in [3.05, 3.63) is 90.3 Å². The van der Waals surface area contributed by atoms with Crippen molar-refractivity contribution in [2.45, 2.75) is 13.0 Å². The lowest BCUT2D eigenvalue weighted by Crippen LogP contribution is -2.08. The molecule has 4 aromatic rings. The second-order valence-corrected chi connectivity index (χ2v) is 5.99. The summed E-state index contributed by atoms with van der Waals surface area (Å²) in [5, 5.41) is 2.18. The highest BCUT2D eigenvalue weighted by Crippen LogP contribution is 2.20.